The van der Waals surface area contributed by atoms with Crippen LogP contribution in [0.4, 0.5) is 5.69 Å². The SMILES string of the molecule is O=C(CN1CCC(C(=O)O)C1)Nc1cccc(CN2CCSCC2)c1. The van der Waals surface area contributed by atoms with Gasteiger partial charge < -0.3 is 10.4 Å². The van der Waals surface area contributed by atoms with Crippen molar-refractivity contribution >= 4 is 29.3 Å². The molecule has 2 heterocycles. The Bertz CT molecular complexity index is 619. The summed E-state index contributed by atoms with van der Waals surface area (Å²) in [6.45, 7) is 4.50. The molecule has 0 saturated carbocycles. The first kappa shape index (κ1) is 18.2. The van der Waals surface area contributed by atoms with Crippen LogP contribution in [0.25, 0.3) is 0 Å². The Labute approximate surface area is 152 Å². The minimum atomic E-state index is -0.772. The summed E-state index contributed by atoms with van der Waals surface area (Å²) >= 11 is 2.00. The summed E-state index contributed by atoms with van der Waals surface area (Å²) in [5.41, 5.74) is 2.01. The van der Waals surface area contributed by atoms with Gasteiger partial charge in [-0.05, 0) is 30.7 Å². The molecule has 0 aromatic heterocycles. The topological polar surface area (TPSA) is 72.9 Å². The summed E-state index contributed by atoms with van der Waals surface area (Å²) in [5.74, 6) is 1.16. The number of amides is 1. The fourth-order valence-electron chi connectivity index (χ4n) is 3.35. The molecule has 2 saturated heterocycles. The van der Waals surface area contributed by atoms with Crippen molar-refractivity contribution in [2.75, 3.05) is 49.5 Å². The van der Waals surface area contributed by atoms with Crippen molar-refractivity contribution in [1.82, 2.24) is 9.80 Å². The van der Waals surface area contributed by atoms with Crippen LogP contribution >= 0.6 is 11.8 Å². The van der Waals surface area contributed by atoms with E-state index in [1.807, 2.05) is 34.9 Å². The highest BCUT2D eigenvalue weighted by molar-refractivity contribution is 7.99. The third-order valence-corrected chi connectivity index (χ3v) is 5.65. The molecule has 25 heavy (non-hydrogen) atoms. The van der Waals surface area contributed by atoms with Crippen LogP contribution < -0.4 is 5.32 Å². The van der Waals surface area contributed by atoms with Crippen molar-refractivity contribution in [3.05, 3.63) is 29.8 Å². The normalized spacial score (nSPS) is 22.0. The predicted octanol–water partition coefficient (Wildman–Crippen LogP) is 1.58. The van der Waals surface area contributed by atoms with Crippen molar-refractivity contribution in [3.63, 3.8) is 0 Å². The zero-order chi connectivity index (χ0) is 17.6. The van der Waals surface area contributed by atoms with E-state index in [0.717, 1.165) is 25.3 Å². The number of anilines is 1. The fraction of sp³-hybridized carbons (Fsp3) is 0.556. The fourth-order valence-corrected chi connectivity index (χ4v) is 4.33. The molecule has 0 bridgehead atoms. The lowest BCUT2D eigenvalue weighted by molar-refractivity contribution is -0.141. The molecule has 2 aliphatic heterocycles. The van der Waals surface area contributed by atoms with Gasteiger partial charge in [-0.2, -0.15) is 11.8 Å². The summed E-state index contributed by atoms with van der Waals surface area (Å²) in [6.07, 6.45) is 0.617. The average molecular weight is 363 g/mol. The largest absolute Gasteiger partial charge is 0.481 e. The van der Waals surface area contributed by atoms with Gasteiger partial charge in [-0.25, -0.2) is 0 Å². The number of aliphatic carboxylic acids is 1. The van der Waals surface area contributed by atoms with Gasteiger partial charge in [0.25, 0.3) is 0 Å². The third-order valence-electron chi connectivity index (χ3n) is 4.71. The van der Waals surface area contributed by atoms with Crippen LogP contribution in [-0.4, -0.2) is 71.0 Å². The molecule has 0 aliphatic carbocycles. The lowest BCUT2D eigenvalue weighted by atomic mass is 10.1. The zero-order valence-corrected chi connectivity index (χ0v) is 15.1. The molecular formula is C18H25N3O3S. The summed E-state index contributed by atoms with van der Waals surface area (Å²) in [5, 5.41) is 12.0. The van der Waals surface area contributed by atoms with Gasteiger partial charge >= 0.3 is 5.97 Å². The van der Waals surface area contributed by atoms with E-state index in [-0.39, 0.29) is 18.4 Å². The van der Waals surface area contributed by atoms with E-state index < -0.39 is 5.97 Å². The van der Waals surface area contributed by atoms with Gasteiger partial charge in [0.1, 0.15) is 0 Å². The minimum absolute atomic E-state index is 0.0856. The van der Waals surface area contributed by atoms with Crippen LogP contribution in [0.15, 0.2) is 24.3 Å². The molecule has 3 rings (SSSR count). The number of carboxylic acid groups (broad SMARTS) is 1. The van der Waals surface area contributed by atoms with Crippen LogP contribution in [0.2, 0.25) is 0 Å². The highest BCUT2D eigenvalue weighted by atomic mass is 32.2. The highest BCUT2D eigenvalue weighted by Gasteiger charge is 2.28. The second-order valence-corrected chi connectivity index (χ2v) is 7.92. The van der Waals surface area contributed by atoms with Crippen LogP contribution in [-0.2, 0) is 16.1 Å². The number of likely N-dealkylation sites (tertiary alicyclic amines) is 1. The Morgan fingerprint density at radius 1 is 1.20 bits per heavy atom. The van der Waals surface area contributed by atoms with Crippen molar-refractivity contribution in [2.45, 2.75) is 13.0 Å². The smallest absolute Gasteiger partial charge is 0.307 e. The Hall–Kier alpha value is -1.57. The number of nitrogens with zero attached hydrogens (tertiary/aromatic N) is 2. The number of benzene rings is 1. The predicted molar refractivity (Wildman–Crippen MR) is 99.9 cm³/mol. The number of thioether (sulfide) groups is 1. The zero-order valence-electron chi connectivity index (χ0n) is 14.3. The minimum Gasteiger partial charge on any atom is -0.481 e. The summed E-state index contributed by atoms with van der Waals surface area (Å²) in [4.78, 5) is 27.6. The van der Waals surface area contributed by atoms with Crippen molar-refractivity contribution in [3.8, 4) is 0 Å². The number of nitrogens with one attached hydrogen (secondary N) is 1. The quantitative estimate of drug-likeness (QED) is 0.800. The summed E-state index contributed by atoms with van der Waals surface area (Å²) in [7, 11) is 0. The number of rotatable bonds is 6. The maximum atomic E-state index is 12.2. The first-order chi connectivity index (χ1) is 12.1. The van der Waals surface area contributed by atoms with Gasteiger partial charge in [0, 0.05) is 43.4 Å². The Morgan fingerprint density at radius 3 is 2.72 bits per heavy atom. The lowest BCUT2D eigenvalue weighted by Crippen LogP contribution is -2.32. The van der Waals surface area contributed by atoms with Crippen LogP contribution in [0.1, 0.15) is 12.0 Å². The van der Waals surface area contributed by atoms with Crippen molar-refractivity contribution < 1.29 is 14.7 Å². The number of carboxylic acids is 1. The third kappa shape index (κ3) is 5.45. The van der Waals surface area contributed by atoms with Gasteiger partial charge in [-0.15, -0.1) is 0 Å². The molecule has 7 heteroatoms. The summed E-state index contributed by atoms with van der Waals surface area (Å²) < 4.78 is 0. The molecule has 1 aromatic rings. The maximum absolute atomic E-state index is 12.2. The van der Waals surface area contributed by atoms with Gasteiger partial charge in [0.05, 0.1) is 12.5 Å². The van der Waals surface area contributed by atoms with Crippen LogP contribution in [0.3, 0.4) is 0 Å². The molecule has 2 fully saturated rings. The molecular weight excluding hydrogens is 338 g/mol. The molecule has 6 nitrogen and oxygen atoms in total. The molecule has 2 N–H and O–H groups in total. The first-order valence-corrected chi connectivity index (χ1v) is 9.89. The van der Waals surface area contributed by atoms with Gasteiger partial charge in [0.2, 0.25) is 5.91 Å². The van der Waals surface area contributed by atoms with E-state index in [2.05, 4.69) is 16.3 Å². The number of hydrogen-bond acceptors (Lipinski definition) is 5. The first-order valence-electron chi connectivity index (χ1n) is 8.74. The van der Waals surface area contributed by atoms with Gasteiger partial charge in [-0.3, -0.25) is 19.4 Å². The van der Waals surface area contributed by atoms with E-state index in [9.17, 15) is 9.59 Å². The number of carbonyl (C=O) groups excluding carboxylic acids is 1. The molecule has 136 valence electrons. The molecule has 1 aromatic carbocycles. The molecule has 0 spiro atoms. The Balaban J connectivity index is 1.49. The molecule has 1 unspecified atom stereocenters. The molecule has 2 aliphatic rings. The second-order valence-electron chi connectivity index (χ2n) is 6.70. The van der Waals surface area contributed by atoms with E-state index >= 15 is 0 Å². The number of carbonyl (C=O) groups is 2. The van der Waals surface area contributed by atoms with Crippen molar-refractivity contribution in [1.29, 1.82) is 0 Å². The Morgan fingerprint density at radius 2 is 2.00 bits per heavy atom. The van der Waals surface area contributed by atoms with Crippen molar-refractivity contribution in [2.24, 2.45) is 5.92 Å². The van der Waals surface area contributed by atoms with E-state index in [0.29, 0.717) is 19.5 Å². The number of hydrogen-bond donors (Lipinski definition) is 2. The monoisotopic (exact) mass is 363 g/mol. The molecule has 1 atom stereocenters. The van der Waals surface area contributed by atoms with E-state index in [1.165, 1.54) is 17.1 Å². The highest BCUT2D eigenvalue weighted by Crippen LogP contribution is 2.18. The standard InChI is InChI=1S/C18H25N3O3S/c22-17(13-21-5-4-15(12-21)18(23)24)19-16-3-1-2-14(10-16)11-20-6-8-25-9-7-20/h1-3,10,15H,4-9,11-13H2,(H,19,22)(H,23,24). The summed E-state index contributed by atoms with van der Waals surface area (Å²) in [6, 6.07) is 8.00. The second kappa shape index (κ2) is 8.69. The maximum Gasteiger partial charge on any atom is 0.307 e. The molecule has 1 amide bonds. The van der Waals surface area contributed by atoms with Crippen LogP contribution in [0, 0.1) is 5.92 Å². The van der Waals surface area contributed by atoms with Gasteiger partial charge in [0.15, 0.2) is 0 Å². The van der Waals surface area contributed by atoms with E-state index in [4.69, 9.17) is 5.11 Å². The average Bonchev–Trinajstić information content (AvgIpc) is 3.05. The lowest BCUT2D eigenvalue weighted by Gasteiger charge is -2.26. The van der Waals surface area contributed by atoms with E-state index in [1.54, 1.807) is 0 Å². The molecule has 0 radical (unpaired) electrons. The van der Waals surface area contributed by atoms with Gasteiger partial charge in [-0.1, -0.05) is 12.1 Å². The van der Waals surface area contributed by atoms with Crippen LogP contribution in [0.5, 0.6) is 0 Å². The Kier molecular flexibility index (Phi) is 6.34.